The fourth-order valence-corrected chi connectivity index (χ4v) is 6.61. The van der Waals surface area contributed by atoms with Gasteiger partial charge in [0.2, 0.25) is 5.91 Å². The molecular formula is C23H30ClN3O5S3. The monoisotopic (exact) mass is 559 g/mol. The first-order valence-corrected chi connectivity index (χ1v) is 15.1. The van der Waals surface area contributed by atoms with Crippen LogP contribution in [0.15, 0.2) is 52.3 Å². The van der Waals surface area contributed by atoms with Crippen molar-refractivity contribution in [2.75, 3.05) is 44.1 Å². The molecule has 0 aliphatic rings. The highest BCUT2D eigenvalue weighted by Crippen LogP contribution is 2.33. The lowest BCUT2D eigenvalue weighted by atomic mass is 10.2. The molecule has 0 atom stereocenters. The molecule has 12 heteroatoms. The van der Waals surface area contributed by atoms with Crippen molar-refractivity contribution in [1.29, 1.82) is 0 Å². The first kappa shape index (κ1) is 29.2. The second-order valence-corrected chi connectivity index (χ2v) is 13.6. The number of sulfone groups is 2. The lowest BCUT2D eigenvalue weighted by molar-refractivity contribution is -0.118. The van der Waals surface area contributed by atoms with Crippen molar-refractivity contribution >= 4 is 64.7 Å². The molecule has 1 aromatic heterocycles. The second kappa shape index (κ2) is 11.8. The molecule has 0 unspecified atom stereocenters. The molecule has 0 saturated carbocycles. The molecule has 0 saturated heterocycles. The summed E-state index contributed by atoms with van der Waals surface area (Å²) < 4.78 is 50.3. The third-order valence-electron chi connectivity index (χ3n) is 5.26. The molecule has 3 rings (SSSR count). The molecule has 0 aliphatic carbocycles. The summed E-state index contributed by atoms with van der Waals surface area (Å²) in [6.07, 6.45) is 1.34. The SMILES string of the molecule is Cc1ccc(S(=O)(=O)CCCC(=O)N(CCN(C)C)c2nc3c(S(C)(=O)=O)cccc3s2)cc1.Cl. The largest absolute Gasteiger partial charge is 0.308 e. The van der Waals surface area contributed by atoms with E-state index in [-0.39, 0.29) is 46.7 Å². The number of carbonyl (C=O) groups is 1. The fraction of sp³-hybridized carbons (Fsp3) is 0.391. The Balaban J connectivity index is 0.00000432. The molecule has 0 N–H and O–H groups in total. The molecule has 2 aromatic carbocycles. The van der Waals surface area contributed by atoms with Gasteiger partial charge in [0.15, 0.2) is 24.8 Å². The number of nitrogens with zero attached hydrogens (tertiary/aromatic N) is 3. The summed E-state index contributed by atoms with van der Waals surface area (Å²) in [5.41, 5.74) is 1.31. The highest BCUT2D eigenvalue weighted by atomic mass is 35.5. The fourth-order valence-electron chi connectivity index (χ4n) is 3.37. The Morgan fingerprint density at radius 1 is 1.00 bits per heavy atom. The maximum absolute atomic E-state index is 13.1. The topological polar surface area (TPSA) is 105 Å². The number of amides is 1. The smallest absolute Gasteiger partial charge is 0.228 e. The van der Waals surface area contributed by atoms with Crippen LogP contribution in [0.5, 0.6) is 0 Å². The predicted molar refractivity (Wildman–Crippen MR) is 143 cm³/mol. The van der Waals surface area contributed by atoms with Gasteiger partial charge in [-0.25, -0.2) is 21.8 Å². The third-order valence-corrected chi connectivity index (χ3v) is 9.25. The van der Waals surface area contributed by atoms with Gasteiger partial charge in [-0.2, -0.15) is 0 Å². The van der Waals surface area contributed by atoms with E-state index in [2.05, 4.69) is 4.98 Å². The summed E-state index contributed by atoms with van der Waals surface area (Å²) in [5, 5.41) is 0.402. The summed E-state index contributed by atoms with van der Waals surface area (Å²) in [6, 6.07) is 11.6. The van der Waals surface area contributed by atoms with E-state index in [1.54, 1.807) is 36.4 Å². The Hall–Kier alpha value is -2.05. The van der Waals surface area contributed by atoms with E-state index in [1.165, 1.54) is 22.3 Å². The minimum Gasteiger partial charge on any atom is -0.308 e. The molecule has 1 heterocycles. The normalized spacial score (nSPS) is 12.0. The molecule has 0 bridgehead atoms. The number of thiazole rings is 1. The van der Waals surface area contributed by atoms with Crippen LogP contribution in [0.3, 0.4) is 0 Å². The molecule has 35 heavy (non-hydrogen) atoms. The number of hydrogen-bond acceptors (Lipinski definition) is 8. The number of anilines is 1. The molecule has 8 nitrogen and oxygen atoms in total. The van der Waals surface area contributed by atoms with Crippen LogP contribution >= 0.6 is 23.7 Å². The average Bonchev–Trinajstić information content (AvgIpc) is 3.16. The van der Waals surface area contributed by atoms with Crippen molar-refractivity contribution in [1.82, 2.24) is 9.88 Å². The van der Waals surface area contributed by atoms with Crippen molar-refractivity contribution in [2.24, 2.45) is 0 Å². The zero-order valence-corrected chi connectivity index (χ0v) is 23.4. The molecule has 3 aromatic rings. The van der Waals surface area contributed by atoms with Crippen LogP contribution in [0, 0.1) is 6.92 Å². The van der Waals surface area contributed by atoms with Crippen LogP contribution in [0.2, 0.25) is 0 Å². The summed E-state index contributed by atoms with van der Waals surface area (Å²) in [4.78, 5) is 21.5. The van der Waals surface area contributed by atoms with Crippen LogP contribution in [-0.4, -0.2) is 71.8 Å². The molecule has 1 amide bonds. The first-order valence-electron chi connectivity index (χ1n) is 10.7. The number of hydrogen-bond donors (Lipinski definition) is 0. The molecule has 192 valence electrons. The standard InChI is InChI=1S/C23H29N3O5S3.ClH/c1-17-10-12-18(13-11-17)34(30,31)16-6-9-21(27)26(15-14-25(2)3)23-24-22-19(32-23)7-5-8-20(22)33(4,28)29;/h5,7-8,10-13H,6,9,14-16H2,1-4H3;1H. The number of rotatable bonds is 10. The maximum Gasteiger partial charge on any atom is 0.228 e. The number of aromatic nitrogens is 1. The summed E-state index contributed by atoms with van der Waals surface area (Å²) in [7, 11) is -3.20. The van der Waals surface area contributed by atoms with Crippen LogP contribution in [0.25, 0.3) is 10.2 Å². The number of para-hydroxylation sites is 1. The van der Waals surface area contributed by atoms with Crippen LogP contribution < -0.4 is 4.90 Å². The summed E-state index contributed by atoms with van der Waals surface area (Å²) >= 11 is 1.25. The molecular weight excluding hydrogens is 530 g/mol. The van der Waals surface area contributed by atoms with Crippen molar-refractivity contribution < 1.29 is 21.6 Å². The zero-order valence-electron chi connectivity index (χ0n) is 20.1. The van der Waals surface area contributed by atoms with Crippen molar-refractivity contribution in [2.45, 2.75) is 29.6 Å². The minimum atomic E-state index is -3.49. The lowest BCUT2D eigenvalue weighted by Gasteiger charge is -2.22. The highest BCUT2D eigenvalue weighted by molar-refractivity contribution is 7.91. The molecule has 0 radical (unpaired) electrons. The molecule has 0 aliphatic heterocycles. The van der Waals surface area contributed by atoms with Gasteiger partial charge >= 0.3 is 0 Å². The van der Waals surface area contributed by atoms with Gasteiger partial charge in [-0.3, -0.25) is 9.69 Å². The van der Waals surface area contributed by atoms with Gasteiger partial charge in [-0.05, 0) is 51.7 Å². The summed E-state index contributed by atoms with van der Waals surface area (Å²) in [5.74, 6) is -0.387. The first-order chi connectivity index (χ1) is 15.9. The zero-order chi connectivity index (χ0) is 25.1. The number of likely N-dealkylation sites (N-methyl/N-ethyl adjacent to an activating group) is 1. The van der Waals surface area contributed by atoms with Gasteiger partial charge < -0.3 is 4.90 Å². The van der Waals surface area contributed by atoms with E-state index in [9.17, 15) is 21.6 Å². The van der Waals surface area contributed by atoms with E-state index in [4.69, 9.17) is 0 Å². The highest BCUT2D eigenvalue weighted by Gasteiger charge is 2.23. The minimum absolute atomic E-state index is 0. The number of fused-ring (bicyclic) bond motifs is 1. The van der Waals surface area contributed by atoms with E-state index < -0.39 is 19.7 Å². The van der Waals surface area contributed by atoms with E-state index in [0.717, 1.165) is 11.8 Å². The Morgan fingerprint density at radius 2 is 1.66 bits per heavy atom. The Labute approximate surface area is 217 Å². The number of aryl methyl sites for hydroxylation is 1. The number of halogens is 1. The Bertz CT molecular complexity index is 1390. The Morgan fingerprint density at radius 3 is 2.26 bits per heavy atom. The van der Waals surface area contributed by atoms with E-state index >= 15 is 0 Å². The van der Waals surface area contributed by atoms with Crippen LogP contribution in [0.1, 0.15) is 18.4 Å². The molecule has 0 fully saturated rings. The van der Waals surface area contributed by atoms with E-state index in [1.807, 2.05) is 25.9 Å². The van der Waals surface area contributed by atoms with Gasteiger partial charge in [-0.15, -0.1) is 12.4 Å². The van der Waals surface area contributed by atoms with Crippen molar-refractivity contribution in [3.05, 3.63) is 48.0 Å². The van der Waals surface area contributed by atoms with Gasteiger partial charge in [0, 0.05) is 25.8 Å². The molecule has 0 spiro atoms. The van der Waals surface area contributed by atoms with Crippen molar-refractivity contribution in [3.8, 4) is 0 Å². The van der Waals surface area contributed by atoms with Crippen LogP contribution in [-0.2, 0) is 24.5 Å². The Kier molecular flexibility index (Phi) is 9.83. The van der Waals surface area contributed by atoms with Gasteiger partial charge in [0.1, 0.15) is 5.52 Å². The van der Waals surface area contributed by atoms with Crippen molar-refractivity contribution in [3.63, 3.8) is 0 Å². The number of carbonyl (C=O) groups excluding carboxylic acids is 1. The predicted octanol–water partition coefficient (Wildman–Crippen LogP) is 3.58. The quantitative estimate of drug-likeness (QED) is 0.374. The third kappa shape index (κ3) is 7.47. The van der Waals surface area contributed by atoms with Gasteiger partial charge in [0.25, 0.3) is 0 Å². The maximum atomic E-state index is 13.1. The van der Waals surface area contributed by atoms with Gasteiger partial charge in [-0.1, -0.05) is 35.1 Å². The van der Waals surface area contributed by atoms with Gasteiger partial charge in [0.05, 0.1) is 20.2 Å². The lowest BCUT2D eigenvalue weighted by Crippen LogP contribution is -2.36. The van der Waals surface area contributed by atoms with E-state index in [0.29, 0.717) is 28.4 Å². The number of benzene rings is 2. The second-order valence-electron chi connectivity index (χ2n) is 8.46. The average molecular weight is 560 g/mol. The summed E-state index contributed by atoms with van der Waals surface area (Å²) in [6.45, 7) is 2.81. The van der Waals surface area contributed by atoms with Crippen LogP contribution in [0.4, 0.5) is 5.13 Å².